The van der Waals surface area contributed by atoms with Crippen LogP contribution in [-0.2, 0) is 21.9 Å². The van der Waals surface area contributed by atoms with Crippen molar-refractivity contribution in [2.24, 2.45) is 0 Å². The summed E-state index contributed by atoms with van der Waals surface area (Å²) < 4.78 is 0. The van der Waals surface area contributed by atoms with Crippen molar-refractivity contribution < 1.29 is 27.0 Å². The summed E-state index contributed by atoms with van der Waals surface area (Å²) in [6.07, 6.45) is 0. The average molecular weight is 193 g/mol. The number of hydrogen-bond donors (Lipinski definition) is 1. The van der Waals surface area contributed by atoms with E-state index in [4.69, 9.17) is 9.90 Å². The Morgan fingerprint density at radius 3 is 2.33 bits per heavy atom. The first kappa shape index (κ1) is 11.5. The molecule has 0 aromatic carbocycles. The molecule has 1 rings (SSSR count). The first-order valence-corrected chi connectivity index (χ1v) is 2.77. The van der Waals surface area contributed by atoms with Crippen molar-refractivity contribution in [3.05, 3.63) is 22.9 Å². The molecule has 2 nitrogen and oxygen atoms in total. The Bertz CT molecular complexity index is 101. The van der Waals surface area contributed by atoms with E-state index in [1.54, 1.807) is 11.3 Å². The van der Waals surface area contributed by atoms with E-state index in [0.717, 1.165) is 0 Å². The van der Waals surface area contributed by atoms with Crippen molar-refractivity contribution in [3.63, 3.8) is 0 Å². The van der Waals surface area contributed by atoms with Crippen LogP contribution in [0.3, 0.4) is 0 Å². The number of thiophene rings is 1. The minimum Gasteiger partial charge on any atom is -0.483 e. The van der Waals surface area contributed by atoms with Gasteiger partial charge < -0.3 is 16.4 Å². The molecule has 0 unspecified atom stereocenters. The third kappa shape index (κ3) is 11.3. The van der Waals surface area contributed by atoms with Gasteiger partial charge in [-0.15, -0.1) is 5.38 Å². The van der Waals surface area contributed by atoms with E-state index in [2.05, 4.69) is 5.38 Å². The summed E-state index contributed by atoms with van der Waals surface area (Å²) in [5, 5.41) is 11.8. The van der Waals surface area contributed by atoms with Crippen LogP contribution in [0.5, 0.6) is 0 Å². The van der Waals surface area contributed by atoms with Crippen molar-refractivity contribution in [2.45, 2.75) is 0 Å². The number of rotatable bonds is 0. The minimum absolute atomic E-state index is 0. The van der Waals surface area contributed by atoms with Gasteiger partial charge in [0.25, 0.3) is 6.47 Å². The largest absolute Gasteiger partial charge is 1.00 e. The SMILES string of the molecule is O=CO.[Cu+].[c-]1cccs1. The van der Waals surface area contributed by atoms with Crippen molar-refractivity contribution in [3.8, 4) is 0 Å². The van der Waals surface area contributed by atoms with Crippen LogP contribution >= 0.6 is 11.3 Å². The molecule has 1 heterocycles. The summed E-state index contributed by atoms with van der Waals surface area (Å²) in [4.78, 5) is 8.36. The van der Waals surface area contributed by atoms with E-state index in [0.29, 0.717) is 0 Å². The van der Waals surface area contributed by atoms with Gasteiger partial charge in [0.05, 0.1) is 0 Å². The smallest absolute Gasteiger partial charge is 0.483 e. The standard InChI is InChI=1S/C4H3S.CH2O2.Cu/c1-2-4-5-3-1;2-1-3;/h1-3H;1H,(H,2,3);/q-1;;+1. The molecule has 1 aromatic heterocycles. The number of carboxylic acid groups (broad SMARTS) is 1. The molecule has 1 N–H and O–H groups in total. The molecule has 54 valence electrons. The van der Waals surface area contributed by atoms with E-state index < -0.39 is 0 Å². The minimum atomic E-state index is -0.250. The molecule has 0 bridgehead atoms. The Kier molecular flexibility index (Phi) is 13.6. The third-order valence-corrected chi connectivity index (χ3v) is 0.944. The zero-order valence-electron chi connectivity index (χ0n) is 4.37. The molecular formula is C5H5CuO2S. The molecule has 0 fully saturated rings. The molecule has 4 heteroatoms. The fraction of sp³-hybridized carbons (Fsp3) is 0. The maximum absolute atomic E-state index is 8.36. The topological polar surface area (TPSA) is 37.3 Å². The van der Waals surface area contributed by atoms with E-state index in [1.165, 1.54) is 0 Å². The summed E-state index contributed by atoms with van der Waals surface area (Å²) >= 11 is 1.59. The summed E-state index contributed by atoms with van der Waals surface area (Å²) in [6, 6.07) is 3.86. The molecule has 0 atom stereocenters. The Morgan fingerprint density at radius 2 is 2.22 bits per heavy atom. The second kappa shape index (κ2) is 10.6. The quantitative estimate of drug-likeness (QED) is 0.382. The maximum Gasteiger partial charge on any atom is 1.00 e. The van der Waals surface area contributed by atoms with Gasteiger partial charge in [0.1, 0.15) is 0 Å². The van der Waals surface area contributed by atoms with Crippen molar-refractivity contribution >= 4 is 17.8 Å². The van der Waals surface area contributed by atoms with Crippen LogP contribution in [-0.4, -0.2) is 11.6 Å². The van der Waals surface area contributed by atoms with Crippen molar-refractivity contribution in [2.75, 3.05) is 0 Å². The van der Waals surface area contributed by atoms with Crippen molar-refractivity contribution in [1.82, 2.24) is 0 Å². The normalized spacial score (nSPS) is 5.78. The van der Waals surface area contributed by atoms with Gasteiger partial charge >= 0.3 is 17.1 Å². The Balaban J connectivity index is 0. The molecule has 0 amide bonds. The zero-order valence-corrected chi connectivity index (χ0v) is 6.13. The Morgan fingerprint density at radius 1 is 1.67 bits per heavy atom. The predicted molar refractivity (Wildman–Crippen MR) is 31.8 cm³/mol. The fourth-order valence-electron chi connectivity index (χ4n) is 0.196. The number of hydrogen-bond acceptors (Lipinski definition) is 2. The van der Waals surface area contributed by atoms with Gasteiger partial charge in [-0.05, 0) is 0 Å². The van der Waals surface area contributed by atoms with Crippen LogP contribution in [0.4, 0.5) is 0 Å². The molecule has 0 radical (unpaired) electrons. The predicted octanol–water partition coefficient (Wildman–Crippen LogP) is 1.25. The van der Waals surface area contributed by atoms with Gasteiger partial charge in [0.15, 0.2) is 0 Å². The van der Waals surface area contributed by atoms with Gasteiger partial charge in [-0.1, -0.05) is 0 Å². The molecule has 0 aliphatic carbocycles. The third-order valence-electron chi connectivity index (χ3n) is 0.379. The second-order valence-corrected chi connectivity index (χ2v) is 1.58. The summed E-state index contributed by atoms with van der Waals surface area (Å²) in [5.74, 6) is 0. The Labute approximate surface area is 68.0 Å². The molecule has 0 aliphatic heterocycles. The van der Waals surface area contributed by atoms with Crippen molar-refractivity contribution in [1.29, 1.82) is 0 Å². The first-order chi connectivity index (χ1) is 3.91. The van der Waals surface area contributed by atoms with Gasteiger partial charge in [-0.3, -0.25) is 4.79 Å². The monoisotopic (exact) mass is 192 g/mol. The number of carbonyl (C=O) groups is 1. The summed E-state index contributed by atoms with van der Waals surface area (Å²) in [5.41, 5.74) is 0. The van der Waals surface area contributed by atoms with Crippen LogP contribution in [0.1, 0.15) is 0 Å². The zero-order chi connectivity index (χ0) is 6.24. The van der Waals surface area contributed by atoms with Gasteiger partial charge in [-0.25, -0.2) is 6.07 Å². The van der Waals surface area contributed by atoms with Crippen LogP contribution in [0.25, 0.3) is 0 Å². The van der Waals surface area contributed by atoms with E-state index in [-0.39, 0.29) is 23.5 Å². The first-order valence-electron chi connectivity index (χ1n) is 1.89. The molecule has 0 saturated heterocycles. The Hall–Kier alpha value is -0.311. The average Bonchev–Trinajstić information content (AvgIpc) is 2.17. The van der Waals surface area contributed by atoms with Gasteiger partial charge in [0, 0.05) is 0 Å². The maximum atomic E-state index is 8.36. The second-order valence-electron chi connectivity index (χ2n) is 0.836. The van der Waals surface area contributed by atoms with Crippen LogP contribution in [0, 0.1) is 5.38 Å². The van der Waals surface area contributed by atoms with E-state index in [1.807, 2.05) is 17.5 Å². The summed E-state index contributed by atoms with van der Waals surface area (Å²) in [7, 11) is 0. The van der Waals surface area contributed by atoms with E-state index >= 15 is 0 Å². The fourth-order valence-corrected chi connectivity index (χ4v) is 0.589. The molecule has 0 spiro atoms. The van der Waals surface area contributed by atoms with Crippen LogP contribution < -0.4 is 0 Å². The molecule has 0 aliphatic rings. The molecule has 9 heavy (non-hydrogen) atoms. The van der Waals surface area contributed by atoms with Crippen LogP contribution in [0.15, 0.2) is 17.5 Å². The van der Waals surface area contributed by atoms with Gasteiger partial charge in [-0.2, -0.15) is 11.4 Å². The van der Waals surface area contributed by atoms with Crippen LogP contribution in [0.2, 0.25) is 0 Å². The molecule has 1 aromatic rings. The molecular weight excluding hydrogens is 188 g/mol. The van der Waals surface area contributed by atoms with E-state index in [9.17, 15) is 0 Å². The summed E-state index contributed by atoms with van der Waals surface area (Å²) in [6.45, 7) is -0.250. The molecule has 0 saturated carbocycles. The van der Waals surface area contributed by atoms with Gasteiger partial charge in [0.2, 0.25) is 0 Å².